The molecule has 1 fully saturated rings. The van der Waals surface area contributed by atoms with Crippen molar-refractivity contribution in [3.63, 3.8) is 0 Å². The first kappa shape index (κ1) is 18.8. The normalized spacial score (nSPS) is 19.0. The first-order valence-electron chi connectivity index (χ1n) is 8.24. The molecular weight excluding hydrogens is 342 g/mol. The van der Waals surface area contributed by atoms with E-state index in [1.54, 1.807) is 0 Å². The minimum Gasteiger partial charge on any atom is -0.272 e. The summed E-state index contributed by atoms with van der Waals surface area (Å²) in [4.78, 5) is 12.0. The topological polar surface area (TPSA) is 65.2 Å². The van der Waals surface area contributed by atoms with Crippen LogP contribution in [0.25, 0.3) is 0 Å². The van der Waals surface area contributed by atoms with Gasteiger partial charge in [0.05, 0.1) is 11.8 Å². The Morgan fingerprint density at radius 3 is 3.04 bits per heavy atom. The van der Waals surface area contributed by atoms with Gasteiger partial charge in [0.2, 0.25) is 5.91 Å². The van der Waals surface area contributed by atoms with Gasteiger partial charge in [0.15, 0.2) is 0 Å². The van der Waals surface area contributed by atoms with Crippen LogP contribution in [0.2, 0.25) is 5.02 Å². The number of nitrogens with one attached hydrogen (secondary N) is 1. The highest BCUT2D eigenvalue weighted by Gasteiger charge is 2.20. The summed E-state index contributed by atoms with van der Waals surface area (Å²) < 4.78 is 0. The molecule has 1 aliphatic rings. The molecule has 24 heavy (non-hydrogen) atoms. The van der Waals surface area contributed by atoms with Crippen LogP contribution in [0.4, 0.5) is 0 Å². The van der Waals surface area contributed by atoms with Crippen molar-refractivity contribution in [3.05, 3.63) is 34.9 Å². The number of halogens is 1. The van der Waals surface area contributed by atoms with Crippen LogP contribution in [-0.4, -0.2) is 17.4 Å². The van der Waals surface area contributed by atoms with E-state index in [0.29, 0.717) is 23.8 Å². The molecular formula is C18H22ClN3OS. The fourth-order valence-corrected chi connectivity index (χ4v) is 3.91. The number of rotatable bonds is 7. The van der Waals surface area contributed by atoms with Gasteiger partial charge in [-0.25, -0.2) is 5.43 Å². The summed E-state index contributed by atoms with van der Waals surface area (Å²) in [5, 5.41) is 13.8. The molecule has 0 aliphatic heterocycles. The first-order valence-corrected chi connectivity index (χ1v) is 9.77. The van der Waals surface area contributed by atoms with Crippen LogP contribution in [0.5, 0.6) is 0 Å². The van der Waals surface area contributed by atoms with Gasteiger partial charge in [-0.1, -0.05) is 36.2 Å². The molecule has 1 amide bonds. The minimum atomic E-state index is -0.0934. The van der Waals surface area contributed by atoms with E-state index in [1.165, 1.54) is 18.2 Å². The maximum Gasteiger partial charge on any atom is 0.250 e. The van der Waals surface area contributed by atoms with Crippen LogP contribution in [0, 0.1) is 17.2 Å². The van der Waals surface area contributed by atoms with E-state index in [2.05, 4.69) is 16.6 Å². The molecule has 0 unspecified atom stereocenters. The third-order valence-electron chi connectivity index (χ3n) is 4.08. The molecule has 1 aliphatic carbocycles. The molecule has 0 radical (unpaired) electrons. The van der Waals surface area contributed by atoms with Gasteiger partial charge in [-0.15, -0.1) is 11.8 Å². The Kier molecular flexibility index (Phi) is 8.14. The Morgan fingerprint density at radius 2 is 2.25 bits per heavy atom. The molecule has 1 atom stereocenters. The van der Waals surface area contributed by atoms with Crippen molar-refractivity contribution >= 4 is 35.0 Å². The summed E-state index contributed by atoms with van der Waals surface area (Å²) in [5.74, 6) is 1.30. The highest BCUT2D eigenvalue weighted by molar-refractivity contribution is 7.99. The Morgan fingerprint density at radius 1 is 1.42 bits per heavy atom. The van der Waals surface area contributed by atoms with Gasteiger partial charge in [-0.05, 0) is 37.3 Å². The highest BCUT2D eigenvalue weighted by Crippen LogP contribution is 2.25. The van der Waals surface area contributed by atoms with Crippen molar-refractivity contribution in [2.24, 2.45) is 11.0 Å². The lowest BCUT2D eigenvalue weighted by Gasteiger charge is -2.23. The molecule has 6 heteroatoms. The second kappa shape index (κ2) is 10.4. The number of nitrogens with zero attached hydrogens (tertiary/aromatic N) is 2. The van der Waals surface area contributed by atoms with E-state index in [4.69, 9.17) is 16.9 Å². The van der Waals surface area contributed by atoms with E-state index in [9.17, 15) is 4.79 Å². The molecule has 4 nitrogen and oxygen atoms in total. The van der Waals surface area contributed by atoms with Gasteiger partial charge in [-0.3, -0.25) is 4.79 Å². The van der Waals surface area contributed by atoms with Gasteiger partial charge in [0.25, 0.3) is 0 Å². The average molecular weight is 364 g/mol. The Hall–Kier alpha value is -1.51. The summed E-state index contributed by atoms with van der Waals surface area (Å²) in [6, 6.07) is 9.85. The predicted molar refractivity (Wildman–Crippen MR) is 100.0 cm³/mol. The molecule has 1 aromatic carbocycles. The number of amides is 1. The third kappa shape index (κ3) is 6.18. The molecule has 1 aromatic rings. The lowest BCUT2D eigenvalue weighted by Crippen LogP contribution is -2.26. The zero-order valence-corrected chi connectivity index (χ0v) is 15.2. The molecule has 1 N–H and O–H groups in total. The van der Waals surface area contributed by atoms with Crippen molar-refractivity contribution in [2.45, 2.75) is 44.3 Å². The van der Waals surface area contributed by atoms with Crippen molar-refractivity contribution in [1.82, 2.24) is 5.43 Å². The van der Waals surface area contributed by atoms with Gasteiger partial charge < -0.3 is 0 Å². The fraction of sp³-hybridized carbons (Fsp3) is 0.500. The van der Waals surface area contributed by atoms with Crippen LogP contribution in [0.3, 0.4) is 0 Å². The number of thioether (sulfide) groups is 1. The SMILES string of the molecule is N#CCC[C@@H]1CCCC/C1=N/NC(=O)CSCc1ccccc1Cl. The second-order valence-corrected chi connectivity index (χ2v) is 7.25. The molecule has 2 rings (SSSR count). The van der Waals surface area contributed by atoms with E-state index in [-0.39, 0.29) is 5.91 Å². The fourth-order valence-electron chi connectivity index (χ4n) is 2.80. The van der Waals surface area contributed by atoms with Crippen molar-refractivity contribution in [1.29, 1.82) is 5.26 Å². The van der Waals surface area contributed by atoms with E-state index in [1.807, 2.05) is 24.3 Å². The summed E-state index contributed by atoms with van der Waals surface area (Å²) in [7, 11) is 0. The number of nitriles is 1. The number of benzene rings is 1. The number of hydrazone groups is 1. The molecule has 0 heterocycles. The van der Waals surface area contributed by atoms with Crippen LogP contribution >= 0.6 is 23.4 Å². The van der Waals surface area contributed by atoms with Crippen molar-refractivity contribution < 1.29 is 4.79 Å². The molecule has 0 spiro atoms. The number of carbonyl (C=O) groups excluding carboxylic acids is 1. The summed E-state index contributed by atoms with van der Waals surface area (Å²) in [6.45, 7) is 0. The smallest absolute Gasteiger partial charge is 0.250 e. The van der Waals surface area contributed by atoms with Crippen LogP contribution in [0.1, 0.15) is 44.1 Å². The Labute approximate surface area is 152 Å². The van der Waals surface area contributed by atoms with Crippen LogP contribution in [-0.2, 0) is 10.5 Å². The zero-order chi connectivity index (χ0) is 17.2. The maximum absolute atomic E-state index is 12.0. The summed E-state index contributed by atoms with van der Waals surface area (Å²) in [5.41, 5.74) is 4.75. The second-order valence-electron chi connectivity index (χ2n) is 5.86. The largest absolute Gasteiger partial charge is 0.272 e. The summed E-state index contributed by atoms with van der Waals surface area (Å²) >= 11 is 7.62. The maximum atomic E-state index is 12.0. The Balaban J connectivity index is 1.77. The van der Waals surface area contributed by atoms with Crippen molar-refractivity contribution in [2.75, 3.05) is 5.75 Å². The van der Waals surface area contributed by atoms with Crippen LogP contribution in [0.15, 0.2) is 29.4 Å². The first-order chi connectivity index (χ1) is 11.7. The van der Waals surface area contributed by atoms with E-state index >= 15 is 0 Å². The van der Waals surface area contributed by atoms with Gasteiger partial charge in [-0.2, -0.15) is 10.4 Å². The standard InChI is InChI=1S/C18H22ClN3OS/c19-16-9-3-1-7-15(16)12-24-13-18(23)22-21-17-10-4-2-6-14(17)8-5-11-20/h1,3,7,9,14H,2,4-6,8,10,12-13H2,(H,22,23)/b21-17-/t14-/m0/s1. The third-order valence-corrected chi connectivity index (χ3v) is 5.43. The lowest BCUT2D eigenvalue weighted by atomic mass is 9.84. The molecule has 0 aromatic heterocycles. The summed E-state index contributed by atoms with van der Waals surface area (Å²) in [6.07, 6.45) is 5.66. The van der Waals surface area contributed by atoms with Crippen LogP contribution < -0.4 is 5.43 Å². The van der Waals surface area contributed by atoms with Gasteiger partial charge >= 0.3 is 0 Å². The number of hydrogen-bond acceptors (Lipinski definition) is 4. The predicted octanol–water partition coefficient (Wildman–Crippen LogP) is 4.54. The van der Waals surface area contributed by atoms with Gasteiger partial charge in [0.1, 0.15) is 0 Å². The average Bonchev–Trinajstić information content (AvgIpc) is 2.60. The highest BCUT2D eigenvalue weighted by atomic mass is 35.5. The van der Waals surface area contributed by atoms with Crippen molar-refractivity contribution in [3.8, 4) is 6.07 Å². The molecule has 128 valence electrons. The van der Waals surface area contributed by atoms with E-state index < -0.39 is 0 Å². The molecule has 1 saturated carbocycles. The van der Waals surface area contributed by atoms with E-state index in [0.717, 1.165) is 42.0 Å². The molecule has 0 saturated heterocycles. The zero-order valence-electron chi connectivity index (χ0n) is 13.6. The quantitative estimate of drug-likeness (QED) is 0.723. The van der Waals surface area contributed by atoms with Gasteiger partial charge in [0, 0.05) is 28.8 Å². The monoisotopic (exact) mass is 363 g/mol. The molecule has 0 bridgehead atoms. The Bertz CT molecular complexity index is 627. The number of hydrogen-bond donors (Lipinski definition) is 1. The number of carbonyl (C=O) groups is 1. The lowest BCUT2D eigenvalue weighted by molar-refractivity contribution is -0.118. The minimum absolute atomic E-state index is 0.0934.